The Kier molecular flexibility index (Phi) is 5.44. The minimum atomic E-state index is -0.143. The Morgan fingerprint density at radius 1 is 1.19 bits per heavy atom. The summed E-state index contributed by atoms with van der Waals surface area (Å²) in [6, 6.07) is 5.72. The minimum Gasteiger partial charge on any atom is -0.493 e. The molecule has 5 nitrogen and oxygen atoms in total. The molecule has 1 aromatic carbocycles. The van der Waals surface area contributed by atoms with Crippen LogP contribution in [-0.2, 0) is 16.1 Å². The van der Waals surface area contributed by atoms with E-state index in [0.717, 1.165) is 31.4 Å². The summed E-state index contributed by atoms with van der Waals surface area (Å²) in [6.45, 7) is 1.62. The van der Waals surface area contributed by atoms with Crippen LogP contribution in [0.4, 0.5) is 0 Å². The van der Waals surface area contributed by atoms with E-state index in [1.54, 1.807) is 14.2 Å². The number of piperidine rings is 1. The van der Waals surface area contributed by atoms with Crippen LogP contribution >= 0.6 is 0 Å². The number of hydrogen-bond donors (Lipinski definition) is 0. The zero-order chi connectivity index (χ0) is 15.2. The highest BCUT2D eigenvalue weighted by atomic mass is 16.5. The third-order valence-electron chi connectivity index (χ3n) is 3.92. The maximum atomic E-state index is 11.9. The molecule has 1 aliphatic heterocycles. The molecule has 0 aromatic heterocycles. The summed E-state index contributed by atoms with van der Waals surface area (Å²) in [5.74, 6) is 1.28. The van der Waals surface area contributed by atoms with E-state index in [4.69, 9.17) is 14.2 Å². The molecule has 1 aliphatic rings. The molecule has 1 heterocycles. The first-order chi connectivity index (χ1) is 10.2. The summed E-state index contributed by atoms with van der Waals surface area (Å²) in [5.41, 5.74) is 1.10. The third kappa shape index (κ3) is 3.67. The van der Waals surface area contributed by atoms with Crippen LogP contribution in [0, 0.1) is 0 Å². The fraction of sp³-hybridized carbons (Fsp3) is 0.562. The number of nitrogens with zero attached hydrogens (tertiary/aromatic N) is 1. The molecule has 0 saturated carbocycles. The van der Waals surface area contributed by atoms with Crippen molar-refractivity contribution in [2.75, 3.05) is 27.9 Å². The molecule has 1 fully saturated rings. The number of rotatable bonds is 5. The van der Waals surface area contributed by atoms with Gasteiger partial charge in [0.2, 0.25) is 0 Å². The number of ether oxygens (including phenoxy) is 3. The predicted octanol–water partition coefficient (Wildman–Crippen LogP) is 2.23. The van der Waals surface area contributed by atoms with Gasteiger partial charge in [-0.1, -0.05) is 12.5 Å². The van der Waals surface area contributed by atoms with Crippen LogP contribution in [0.2, 0.25) is 0 Å². The predicted molar refractivity (Wildman–Crippen MR) is 79.6 cm³/mol. The molecule has 1 atom stereocenters. The number of esters is 1. The van der Waals surface area contributed by atoms with Crippen LogP contribution in [-0.4, -0.2) is 44.8 Å². The lowest BCUT2D eigenvalue weighted by molar-refractivity contribution is -0.148. The summed E-state index contributed by atoms with van der Waals surface area (Å²) in [4.78, 5) is 14.1. The summed E-state index contributed by atoms with van der Waals surface area (Å²) in [5, 5.41) is 0. The van der Waals surface area contributed by atoms with Crippen LogP contribution < -0.4 is 9.47 Å². The molecular weight excluding hydrogens is 270 g/mol. The molecule has 0 N–H and O–H groups in total. The van der Waals surface area contributed by atoms with Gasteiger partial charge in [-0.05, 0) is 37.1 Å². The van der Waals surface area contributed by atoms with Gasteiger partial charge in [0, 0.05) is 6.54 Å². The Hall–Kier alpha value is -1.75. The van der Waals surface area contributed by atoms with Gasteiger partial charge in [-0.25, -0.2) is 0 Å². The summed E-state index contributed by atoms with van der Waals surface area (Å²) < 4.78 is 15.5. The Morgan fingerprint density at radius 2 is 1.95 bits per heavy atom. The molecule has 5 heteroatoms. The van der Waals surface area contributed by atoms with Crippen LogP contribution in [0.25, 0.3) is 0 Å². The van der Waals surface area contributed by atoms with E-state index in [0.29, 0.717) is 18.0 Å². The van der Waals surface area contributed by atoms with Gasteiger partial charge in [-0.15, -0.1) is 0 Å². The Balaban J connectivity index is 2.13. The molecule has 1 saturated heterocycles. The highest BCUT2D eigenvalue weighted by Gasteiger charge is 2.29. The lowest BCUT2D eigenvalue weighted by Crippen LogP contribution is -2.44. The second-order valence-corrected chi connectivity index (χ2v) is 5.19. The van der Waals surface area contributed by atoms with Crippen molar-refractivity contribution in [2.24, 2.45) is 0 Å². The smallest absolute Gasteiger partial charge is 0.323 e. The van der Waals surface area contributed by atoms with Crippen molar-refractivity contribution >= 4 is 5.97 Å². The number of methoxy groups -OCH3 is 3. The van der Waals surface area contributed by atoms with E-state index in [9.17, 15) is 4.79 Å². The molecule has 0 spiro atoms. The van der Waals surface area contributed by atoms with Gasteiger partial charge >= 0.3 is 5.97 Å². The van der Waals surface area contributed by atoms with Gasteiger partial charge in [-0.3, -0.25) is 9.69 Å². The van der Waals surface area contributed by atoms with Crippen LogP contribution in [0.1, 0.15) is 24.8 Å². The molecule has 0 aliphatic carbocycles. The molecular formula is C16H23NO4. The Bertz CT molecular complexity index is 489. The molecule has 0 radical (unpaired) electrons. The van der Waals surface area contributed by atoms with E-state index < -0.39 is 0 Å². The first-order valence-corrected chi connectivity index (χ1v) is 7.22. The number of likely N-dealkylation sites (tertiary alicyclic amines) is 1. The normalized spacial score (nSPS) is 19.1. The quantitative estimate of drug-likeness (QED) is 0.779. The number of carbonyl (C=O) groups is 1. The van der Waals surface area contributed by atoms with E-state index in [1.165, 1.54) is 7.11 Å². The zero-order valence-corrected chi connectivity index (χ0v) is 12.9. The fourth-order valence-corrected chi connectivity index (χ4v) is 2.80. The van der Waals surface area contributed by atoms with E-state index >= 15 is 0 Å². The van der Waals surface area contributed by atoms with Gasteiger partial charge < -0.3 is 14.2 Å². The van der Waals surface area contributed by atoms with E-state index in [-0.39, 0.29) is 12.0 Å². The van der Waals surface area contributed by atoms with Crippen molar-refractivity contribution in [3.05, 3.63) is 23.8 Å². The van der Waals surface area contributed by atoms with Gasteiger partial charge in [0.1, 0.15) is 6.04 Å². The lowest BCUT2D eigenvalue weighted by atomic mass is 10.0. The second-order valence-electron chi connectivity index (χ2n) is 5.19. The number of benzene rings is 1. The monoisotopic (exact) mass is 293 g/mol. The highest BCUT2D eigenvalue weighted by molar-refractivity contribution is 5.75. The van der Waals surface area contributed by atoms with Crippen molar-refractivity contribution in [1.29, 1.82) is 0 Å². The SMILES string of the molecule is COC(=O)C1CCCCN1Cc1ccc(OC)c(OC)c1. The van der Waals surface area contributed by atoms with E-state index in [1.807, 2.05) is 18.2 Å². The fourth-order valence-electron chi connectivity index (χ4n) is 2.80. The molecule has 2 rings (SSSR count). The number of carbonyl (C=O) groups excluding carboxylic acids is 1. The topological polar surface area (TPSA) is 48.0 Å². The molecule has 0 bridgehead atoms. The van der Waals surface area contributed by atoms with E-state index in [2.05, 4.69) is 4.90 Å². The molecule has 116 valence electrons. The summed E-state index contributed by atoms with van der Waals surface area (Å²) in [6.07, 6.45) is 3.04. The zero-order valence-electron chi connectivity index (χ0n) is 12.9. The standard InChI is InChI=1S/C16H23NO4/c1-19-14-8-7-12(10-15(14)20-2)11-17-9-5-4-6-13(17)16(18)21-3/h7-8,10,13H,4-6,9,11H2,1-3H3. The second kappa shape index (κ2) is 7.31. The first-order valence-electron chi connectivity index (χ1n) is 7.22. The largest absolute Gasteiger partial charge is 0.493 e. The Labute approximate surface area is 125 Å². The maximum absolute atomic E-state index is 11.9. The van der Waals surface area contributed by atoms with Crippen molar-refractivity contribution in [2.45, 2.75) is 31.8 Å². The molecule has 1 aromatic rings. The van der Waals surface area contributed by atoms with Crippen molar-refractivity contribution in [3.8, 4) is 11.5 Å². The highest BCUT2D eigenvalue weighted by Crippen LogP contribution is 2.29. The maximum Gasteiger partial charge on any atom is 0.323 e. The van der Waals surface area contributed by atoms with Gasteiger partial charge in [0.05, 0.1) is 21.3 Å². The van der Waals surface area contributed by atoms with Gasteiger partial charge in [0.25, 0.3) is 0 Å². The van der Waals surface area contributed by atoms with Crippen molar-refractivity contribution in [3.63, 3.8) is 0 Å². The first kappa shape index (κ1) is 15.6. The van der Waals surface area contributed by atoms with Crippen molar-refractivity contribution < 1.29 is 19.0 Å². The summed E-state index contributed by atoms with van der Waals surface area (Å²) >= 11 is 0. The minimum absolute atomic E-state index is 0.142. The lowest BCUT2D eigenvalue weighted by Gasteiger charge is -2.33. The molecule has 0 amide bonds. The molecule has 21 heavy (non-hydrogen) atoms. The number of hydrogen-bond acceptors (Lipinski definition) is 5. The third-order valence-corrected chi connectivity index (χ3v) is 3.92. The molecule has 1 unspecified atom stereocenters. The summed E-state index contributed by atoms with van der Waals surface area (Å²) in [7, 11) is 4.70. The van der Waals surface area contributed by atoms with Crippen LogP contribution in [0.15, 0.2) is 18.2 Å². The van der Waals surface area contributed by atoms with Gasteiger partial charge in [0.15, 0.2) is 11.5 Å². The average Bonchev–Trinajstić information content (AvgIpc) is 2.54. The Morgan fingerprint density at radius 3 is 2.62 bits per heavy atom. The van der Waals surface area contributed by atoms with Crippen LogP contribution in [0.5, 0.6) is 11.5 Å². The van der Waals surface area contributed by atoms with Crippen molar-refractivity contribution in [1.82, 2.24) is 4.90 Å². The van der Waals surface area contributed by atoms with Gasteiger partial charge in [-0.2, -0.15) is 0 Å². The average molecular weight is 293 g/mol. The van der Waals surface area contributed by atoms with Crippen LogP contribution in [0.3, 0.4) is 0 Å².